The molecule has 1 aliphatic rings. The van der Waals surface area contributed by atoms with E-state index in [0.717, 1.165) is 18.3 Å². The molecule has 0 heterocycles. The average molecular weight is 247 g/mol. The van der Waals surface area contributed by atoms with E-state index in [0.29, 0.717) is 12.1 Å². The zero-order valence-electron chi connectivity index (χ0n) is 11.7. The molecule has 4 unspecified atom stereocenters. The summed E-state index contributed by atoms with van der Waals surface area (Å²) in [5, 5.41) is 3.49. The summed E-state index contributed by atoms with van der Waals surface area (Å²) in [6.45, 7) is 2.15. The number of ether oxygens (including phenoxy) is 1. The molecule has 1 fully saturated rings. The molecule has 2 nitrogen and oxygen atoms in total. The molecular weight excluding hydrogens is 222 g/mol. The van der Waals surface area contributed by atoms with Crippen LogP contribution in [0.2, 0.25) is 0 Å². The van der Waals surface area contributed by atoms with Crippen molar-refractivity contribution in [2.75, 3.05) is 14.2 Å². The van der Waals surface area contributed by atoms with Crippen molar-refractivity contribution in [2.24, 2.45) is 5.92 Å². The second-order valence-corrected chi connectivity index (χ2v) is 5.44. The standard InChI is InChI=1S/C16H25NO/c1-12(18-3)9-10-16(17-2)15-11-14(15)13-7-5-4-6-8-13/h4-8,12,14-17H,9-11H2,1-3H3. The van der Waals surface area contributed by atoms with Gasteiger partial charge in [0.2, 0.25) is 0 Å². The van der Waals surface area contributed by atoms with Crippen LogP contribution in [0, 0.1) is 5.92 Å². The van der Waals surface area contributed by atoms with Crippen LogP contribution in [0.25, 0.3) is 0 Å². The second-order valence-electron chi connectivity index (χ2n) is 5.44. The summed E-state index contributed by atoms with van der Waals surface area (Å²) in [6, 6.07) is 11.5. The molecule has 0 bridgehead atoms. The highest BCUT2D eigenvalue weighted by Gasteiger charge is 2.42. The maximum atomic E-state index is 5.33. The van der Waals surface area contributed by atoms with Crippen molar-refractivity contribution in [3.05, 3.63) is 35.9 Å². The van der Waals surface area contributed by atoms with Gasteiger partial charge in [0.25, 0.3) is 0 Å². The topological polar surface area (TPSA) is 21.3 Å². The second kappa shape index (κ2) is 6.35. The maximum Gasteiger partial charge on any atom is 0.0543 e. The van der Waals surface area contributed by atoms with Crippen LogP contribution < -0.4 is 5.32 Å². The average Bonchev–Trinajstić information content (AvgIpc) is 3.20. The molecule has 2 heteroatoms. The molecule has 1 N–H and O–H groups in total. The fourth-order valence-electron chi connectivity index (χ4n) is 2.85. The molecule has 1 aliphatic carbocycles. The van der Waals surface area contributed by atoms with Crippen LogP contribution in [0.5, 0.6) is 0 Å². The molecule has 0 aliphatic heterocycles. The van der Waals surface area contributed by atoms with Crippen LogP contribution in [-0.4, -0.2) is 26.3 Å². The van der Waals surface area contributed by atoms with Gasteiger partial charge >= 0.3 is 0 Å². The number of hydrogen-bond acceptors (Lipinski definition) is 2. The van der Waals surface area contributed by atoms with E-state index in [1.165, 1.54) is 18.4 Å². The zero-order chi connectivity index (χ0) is 13.0. The Morgan fingerprint density at radius 3 is 2.61 bits per heavy atom. The smallest absolute Gasteiger partial charge is 0.0543 e. The van der Waals surface area contributed by atoms with Crippen molar-refractivity contribution in [3.8, 4) is 0 Å². The third-order valence-electron chi connectivity index (χ3n) is 4.24. The Balaban J connectivity index is 1.84. The van der Waals surface area contributed by atoms with Crippen molar-refractivity contribution < 1.29 is 4.74 Å². The zero-order valence-corrected chi connectivity index (χ0v) is 11.7. The Bertz CT molecular complexity index is 351. The number of methoxy groups -OCH3 is 1. The van der Waals surface area contributed by atoms with Crippen LogP contribution in [0.3, 0.4) is 0 Å². The normalized spacial score (nSPS) is 25.7. The molecule has 4 atom stereocenters. The van der Waals surface area contributed by atoms with Gasteiger partial charge in [-0.25, -0.2) is 0 Å². The Morgan fingerprint density at radius 2 is 2.00 bits per heavy atom. The first-order valence-electron chi connectivity index (χ1n) is 7.01. The number of hydrogen-bond donors (Lipinski definition) is 1. The van der Waals surface area contributed by atoms with Crippen LogP contribution >= 0.6 is 0 Å². The number of nitrogens with one attached hydrogen (secondary N) is 1. The highest BCUT2D eigenvalue weighted by molar-refractivity contribution is 5.26. The van der Waals surface area contributed by atoms with Crippen LogP contribution in [0.4, 0.5) is 0 Å². The Morgan fingerprint density at radius 1 is 1.28 bits per heavy atom. The lowest BCUT2D eigenvalue weighted by Gasteiger charge is -2.18. The predicted molar refractivity (Wildman–Crippen MR) is 75.8 cm³/mol. The highest BCUT2D eigenvalue weighted by Crippen LogP contribution is 2.50. The fraction of sp³-hybridized carbons (Fsp3) is 0.625. The van der Waals surface area contributed by atoms with Gasteiger partial charge in [-0.1, -0.05) is 30.3 Å². The van der Waals surface area contributed by atoms with Gasteiger partial charge in [-0.05, 0) is 50.6 Å². The lowest BCUT2D eigenvalue weighted by molar-refractivity contribution is 0.105. The number of benzene rings is 1. The monoisotopic (exact) mass is 247 g/mol. The molecule has 0 spiro atoms. The summed E-state index contributed by atoms with van der Waals surface area (Å²) < 4.78 is 5.33. The quantitative estimate of drug-likeness (QED) is 0.799. The first-order valence-corrected chi connectivity index (χ1v) is 7.01. The molecule has 0 radical (unpaired) electrons. The summed E-state index contributed by atoms with van der Waals surface area (Å²) >= 11 is 0. The van der Waals surface area contributed by atoms with E-state index < -0.39 is 0 Å². The van der Waals surface area contributed by atoms with E-state index in [4.69, 9.17) is 4.74 Å². The summed E-state index contributed by atoms with van der Waals surface area (Å²) in [6.07, 6.45) is 4.05. The van der Waals surface area contributed by atoms with Crippen molar-refractivity contribution in [3.63, 3.8) is 0 Å². The van der Waals surface area contributed by atoms with Gasteiger partial charge in [0.15, 0.2) is 0 Å². The van der Waals surface area contributed by atoms with E-state index in [-0.39, 0.29) is 0 Å². The minimum Gasteiger partial charge on any atom is -0.382 e. The van der Waals surface area contributed by atoms with Crippen molar-refractivity contribution in [1.82, 2.24) is 5.32 Å². The first-order chi connectivity index (χ1) is 8.76. The van der Waals surface area contributed by atoms with Gasteiger partial charge in [-0.15, -0.1) is 0 Å². The predicted octanol–water partition coefficient (Wildman–Crippen LogP) is 3.19. The summed E-state index contributed by atoms with van der Waals surface area (Å²) in [5.41, 5.74) is 1.50. The number of rotatable bonds is 7. The summed E-state index contributed by atoms with van der Waals surface area (Å²) in [7, 11) is 3.88. The highest BCUT2D eigenvalue weighted by atomic mass is 16.5. The molecule has 0 aromatic heterocycles. The van der Waals surface area contributed by atoms with Gasteiger partial charge in [0, 0.05) is 13.2 Å². The third kappa shape index (κ3) is 3.33. The van der Waals surface area contributed by atoms with E-state index >= 15 is 0 Å². The molecule has 2 rings (SSSR count). The summed E-state index contributed by atoms with van der Waals surface area (Å²) in [5.74, 6) is 1.57. The molecule has 18 heavy (non-hydrogen) atoms. The maximum absolute atomic E-state index is 5.33. The van der Waals surface area contributed by atoms with E-state index in [2.05, 4.69) is 49.6 Å². The summed E-state index contributed by atoms with van der Waals surface area (Å²) in [4.78, 5) is 0. The van der Waals surface area contributed by atoms with Crippen LogP contribution in [0.15, 0.2) is 30.3 Å². The van der Waals surface area contributed by atoms with Crippen molar-refractivity contribution in [1.29, 1.82) is 0 Å². The van der Waals surface area contributed by atoms with Gasteiger partial charge in [-0.2, -0.15) is 0 Å². The molecular formula is C16H25NO. The molecule has 1 aromatic rings. The lowest BCUT2D eigenvalue weighted by atomic mass is 10.0. The van der Waals surface area contributed by atoms with Crippen molar-refractivity contribution in [2.45, 2.75) is 44.2 Å². The lowest BCUT2D eigenvalue weighted by Crippen LogP contribution is -2.29. The Labute approximate surface area is 111 Å². The molecule has 100 valence electrons. The van der Waals surface area contributed by atoms with Crippen LogP contribution in [-0.2, 0) is 4.74 Å². The third-order valence-corrected chi connectivity index (χ3v) is 4.24. The molecule has 0 saturated heterocycles. The Hall–Kier alpha value is -0.860. The largest absolute Gasteiger partial charge is 0.382 e. The van der Waals surface area contributed by atoms with Gasteiger partial charge < -0.3 is 10.1 Å². The van der Waals surface area contributed by atoms with Gasteiger partial charge in [0.05, 0.1) is 6.10 Å². The van der Waals surface area contributed by atoms with E-state index in [9.17, 15) is 0 Å². The van der Waals surface area contributed by atoms with Crippen molar-refractivity contribution >= 4 is 0 Å². The molecule has 1 saturated carbocycles. The van der Waals surface area contributed by atoms with E-state index in [1.807, 2.05) is 0 Å². The van der Waals surface area contributed by atoms with Crippen LogP contribution in [0.1, 0.15) is 37.7 Å². The minimum atomic E-state index is 0.370. The Kier molecular flexibility index (Phi) is 4.79. The minimum absolute atomic E-state index is 0.370. The van der Waals surface area contributed by atoms with Gasteiger partial charge in [-0.3, -0.25) is 0 Å². The SMILES string of the molecule is CNC(CCC(C)OC)C1CC1c1ccccc1. The molecule has 0 amide bonds. The fourth-order valence-corrected chi connectivity index (χ4v) is 2.85. The first kappa shape index (κ1) is 13.6. The van der Waals surface area contributed by atoms with Gasteiger partial charge in [0.1, 0.15) is 0 Å². The molecule has 1 aromatic carbocycles. The van der Waals surface area contributed by atoms with E-state index in [1.54, 1.807) is 7.11 Å².